The summed E-state index contributed by atoms with van der Waals surface area (Å²) < 4.78 is 6.09. The van der Waals surface area contributed by atoms with Gasteiger partial charge >= 0.3 is 0 Å². The molecule has 2 saturated heterocycles. The van der Waals surface area contributed by atoms with Crippen molar-refractivity contribution >= 4 is 0 Å². The van der Waals surface area contributed by atoms with Crippen LogP contribution >= 0.6 is 0 Å². The van der Waals surface area contributed by atoms with Crippen LogP contribution in [0.4, 0.5) is 0 Å². The number of likely N-dealkylation sites (tertiary alicyclic amines) is 2. The number of para-hydroxylation sites is 1. The van der Waals surface area contributed by atoms with E-state index in [1.54, 1.807) is 0 Å². The van der Waals surface area contributed by atoms with E-state index in [-0.39, 0.29) is 0 Å². The van der Waals surface area contributed by atoms with Gasteiger partial charge in [0, 0.05) is 25.2 Å². The van der Waals surface area contributed by atoms with Crippen molar-refractivity contribution in [2.75, 3.05) is 39.4 Å². The molecule has 0 aromatic heterocycles. The number of ether oxygens (including phenoxy) is 1. The van der Waals surface area contributed by atoms with Gasteiger partial charge in [0.05, 0.1) is 6.61 Å². The van der Waals surface area contributed by atoms with E-state index >= 15 is 0 Å². The first-order valence-electron chi connectivity index (χ1n) is 9.47. The lowest BCUT2D eigenvalue weighted by Gasteiger charge is -2.31. The highest BCUT2D eigenvalue weighted by Crippen LogP contribution is 2.25. The third kappa shape index (κ3) is 4.11. The summed E-state index contributed by atoms with van der Waals surface area (Å²) in [6, 6.07) is 7.33. The van der Waals surface area contributed by atoms with Gasteiger partial charge in [-0.1, -0.05) is 18.2 Å². The van der Waals surface area contributed by atoms with Crippen LogP contribution in [0.5, 0.6) is 5.75 Å². The van der Waals surface area contributed by atoms with Crippen molar-refractivity contribution in [1.29, 1.82) is 0 Å². The molecule has 134 valence electrons. The molecule has 4 nitrogen and oxygen atoms in total. The Balaban J connectivity index is 1.49. The molecular weight excluding hydrogens is 300 g/mol. The van der Waals surface area contributed by atoms with Gasteiger partial charge in [-0.2, -0.15) is 0 Å². The van der Waals surface area contributed by atoms with Crippen LogP contribution in [0.1, 0.15) is 36.8 Å². The third-order valence-corrected chi connectivity index (χ3v) is 5.69. The lowest BCUT2D eigenvalue weighted by atomic mass is 10.1. The largest absolute Gasteiger partial charge is 0.492 e. The van der Waals surface area contributed by atoms with Crippen molar-refractivity contribution in [3.8, 4) is 5.75 Å². The topological polar surface area (TPSA) is 35.9 Å². The highest BCUT2D eigenvalue weighted by molar-refractivity contribution is 5.39. The first-order chi connectivity index (χ1) is 11.7. The average Bonchev–Trinajstić information content (AvgIpc) is 3.20. The molecule has 2 heterocycles. The smallest absolute Gasteiger partial charge is 0.125 e. The molecule has 4 heteroatoms. The lowest BCUT2D eigenvalue weighted by Crippen LogP contribution is -2.44. The van der Waals surface area contributed by atoms with Crippen molar-refractivity contribution in [3.63, 3.8) is 0 Å². The van der Waals surface area contributed by atoms with E-state index in [0.717, 1.165) is 38.4 Å². The van der Waals surface area contributed by atoms with Crippen LogP contribution < -0.4 is 4.74 Å². The predicted molar refractivity (Wildman–Crippen MR) is 97.7 cm³/mol. The summed E-state index contributed by atoms with van der Waals surface area (Å²) in [5.41, 5.74) is 2.44. The number of aryl methyl sites for hydroxylation is 2. The van der Waals surface area contributed by atoms with Gasteiger partial charge in [0.25, 0.3) is 0 Å². The zero-order valence-corrected chi connectivity index (χ0v) is 15.2. The average molecular weight is 332 g/mol. The molecule has 1 aromatic carbocycles. The van der Waals surface area contributed by atoms with Crippen molar-refractivity contribution < 1.29 is 9.84 Å². The van der Waals surface area contributed by atoms with Crippen molar-refractivity contribution in [2.24, 2.45) is 0 Å². The number of aliphatic hydroxyl groups is 1. The van der Waals surface area contributed by atoms with Crippen LogP contribution in [0.25, 0.3) is 0 Å². The lowest BCUT2D eigenvalue weighted by molar-refractivity contribution is 0.115. The molecule has 0 saturated carbocycles. The molecule has 1 N–H and O–H groups in total. The summed E-state index contributed by atoms with van der Waals surface area (Å²) in [6.45, 7) is 9.72. The molecule has 2 aliphatic heterocycles. The van der Waals surface area contributed by atoms with E-state index in [9.17, 15) is 5.11 Å². The number of hydrogen-bond acceptors (Lipinski definition) is 4. The van der Waals surface area contributed by atoms with Gasteiger partial charge in [0.1, 0.15) is 12.4 Å². The normalized spacial score (nSPS) is 25.5. The number of hydrogen-bond donors (Lipinski definition) is 1. The van der Waals surface area contributed by atoms with Gasteiger partial charge < -0.3 is 9.84 Å². The highest BCUT2D eigenvalue weighted by atomic mass is 16.5. The molecule has 2 unspecified atom stereocenters. The fourth-order valence-electron chi connectivity index (χ4n) is 4.30. The number of nitrogens with zero attached hydrogens (tertiary/aromatic N) is 2. The minimum atomic E-state index is 0.308. The molecule has 2 fully saturated rings. The van der Waals surface area contributed by atoms with Crippen LogP contribution in [-0.2, 0) is 0 Å². The molecule has 0 amide bonds. The summed E-state index contributed by atoms with van der Waals surface area (Å²) in [5, 5.41) is 9.52. The van der Waals surface area contributed by atoms with Gasteiger partial charge in [-0.15, -0.1) is 0 Å². The minimum absolute atomic E-state index is 0.308. The van der Waals surface area contributed by atoms with E-state index in [4.69, 9.17) is 4.74 Å². The Kier molecular flexibility index (Phi) is 6.14. The standard InChI is InChI=1S/C20H32N2O2/c1-16-6-3-7-17(2)20(16)24-13-12-21-10-4-8-18(21)14-22-11-5-9-19(22)15-23/h3,6-7,18-19,23H,4-5,8-15H2,1-2H3. The summed E-state index contributed by atoms with van der Waals surface area (Å²) in [6.07, 6.45) is 4.94. The Morgan fingerprint density at radius 1 is 1.04 bits per heavy atom. The maximum atomic E-state index is 9.52. The van der Waals surface area contributed by atoms with Crippen LogP contribution in [0.15, 0.2) is 18.2 Å². The van der Waals surface area contributed by atoms with Gasteiger partial charge in [0.2, 0.25) is 0 Å². The number of benzene rings is 1. The Morgan fingerprint density at radius 3 is 2.42 bits per heavy atom. The molecule has 0 radical (unpaired) electrons. The molecule has 1 aromatic rings. The maximum absolute atomic E-state index is 9.52. The maximum Gasteiger partial charge on any atom is 0.125 e. The molecule has 0 bridgehead atoms. The van der Waals surface area contributed by atoms with Crippen molar-refractivity contribution in [3.05, 3.63) is 29.3 Å². The Hall–Kier alpha value is -1.10. The van der Waals surface area contributed by atoms with Gasteiger partial charge in [-0.3, -0.25) is 9.80 Å². The van der Waals surface area contributed by atoms with Crippen LogP contribution in [0, 0.1) is 13.8 Å². The van der Waals surface area contributed by atoms with E-state index in [2.05, 4.69) is 41.8 Å². The van der Waals surface area contributed by atoms with Crippen molar-refractivity contribution in [2.45, 2.75) is 51.6 Å². The van der Waals surface area contributed by atoms with Crippen LogP contribution in [-0.4, -0.2) is 66.4 Å². The summed E-state index contributed by atoms with van der Waals surface area (Å²) in [4.78, 5) is 5.08. The van der Waals surface area contributed by atoms with E-state index in [1.807, 2.05) is 0 Å². The Labute approximate surface area is 146 Å². The van der Waals surface area contributed by atoms with E-state index < -0.39 is 0 Å². The predicted octanol–water partition coefficient (Wildman–Crippen LogP) is 2.60. The second-order valence-electron chi connectivity index (χ2n) is 7.37. The molecule has 0 aliphatic carbocycles. The molecule has 0 spiro atoms. The van der Waals surface area contributed by atoms with Gasteiger partial charge in [-0.05, 0) is 63.7 Å². The van der Waals surface area contributed by atoms with Crippen LogP contribution in [0.3, 0.4) is 0 Å². The second kappa shape index (κ2) is 8.32. The van der Waals surface area contributed by atoms with E-state index in [1.165, 1.54) is 36.9 Å². The second-order valence-corrected chi connectivity index (χ2v) is 7.37. The van der Waals surface area contributed by atoms with Crippen molar-refractivity contribution in [1.82, 2.24) is 9.80 Å². The Morgan fingerprint density at radius 2 is 1.71 bits per heavy atom. The zero-order chi connectivity index (χ0) is 16.9. The molecule has 3 rings (SSSR count). The number of rotatable bonds is 7. The van der Waals surface area contributed by atoms with Gasteiger partial charge in [0.15, 0.2) is 0 Å². The quantitative estimate of drug-likeness (QED) is 0.833. The molecule has 2 atom stereocenters. The summed E-state index contributed by atoms with van der Waals surface area (Å²) >= 11 is 0. The van der Waals surface area contributed by atoms with Crippen LogP contribution in [0.2, 0.25) is 0 Å². The zero-order valence-electron chi connectivity index (χ0n) is 15.2. The molecule has 2 aliphatic rings. The third-order valence-electron chi connectivity index (χ3n) is 5.69. The van der Waals surface area contributed by atoms with Gasteiger partial charge in [-0.25, -0.2) is 0 Å². The number of aliphatic hydroxyl groups excluding tert-OH is 1. The monoisotopic (exact) mass is 332 g/mol. The molecule has 24 heavy (non-hydrogen) atoms. The minimum Gasteiger partial charge on any atom is -0.492 e. The first-order valence-corrected chi connectivity index (χ1v) is 9.47. The summed E-state index contributed by atoms with van der Waals surface area (Å²) in [7, 11) is 0. The van der Waals surface area contributed by atoms with E-state index in [0.29, 0.717) is 18.7 Å². The fourth-order valence-corrected chi connectivity index (χ4v) is 4.30. The summed E-state index contributed by atoms with van der Waals surface area (Å²) in [5.74, 6) is 1.05. The first kappa shape index (κ1) is 17.7. The SMILES string of the molecule is Cc1cccc(C)c1OCCN1CCCC1CN1CCCC1CO. The Bertz CT molecular complexity index is 514. The highest BCUT2D eigenvalue weighted by Gasteiger charge is 2.31. The fraction of sp³-hybridized carbons (Fsp3) is 0.700. The molecular formula is C20H32N2O2.